The van der Waals surface area contributed by atoms with E-state index in [-0.39, 0.29) is 17.8 Å². The highest BCUT2D eigenvalue weighted by Crippen LogP contribution is 2.34. The molecule has 0 radical (unpaired) electrons. The van der Waals surface area contributed by atoms with Crippen molar-refractivity contribution in [2.24, 2.45) is 11.3 Å². The van der Waals surface area contributed by atoms with Gasteiger partial charge >= 0.3 is 5.97 Å². The van der Waals surface area contributed by atoms with Gasteiger partial charge in [0.1, 0.15) is 0 Å². The maximum Gasteiger partial charge on any atom is 0.303 e. The fourth-order valence-corrected chi connectivity index (χ4v) is 2.41. The number of rotatable bonds is 10. The monoisotopic (exact) mass is 240 g/mol. The van der Waals surface area contributed by atoms with Crippen molar-refractivity contribution in [3.63, 3.8) is 0 Å². The third-order valence-corrected chi connectivity index (χ3v) is 3.43. The van der Waals surface area contributed by atoms with Gasteiger partial charge in [-0.25, -0.2) is 0 Å². The Kier molecular flexibility index (Phi) is 7.94. The second-order valence-corrected chi connectivity index (χ2v) is 5.58. The lowest BCUT2D eigenvalue weighted by Gasteiger charge is -2.28. The Morgan fingerprint density at radius 1 is 1.41 bits per heavy atom. The van der Waals surface area contributed by atoms with Crippen LogP contribution in [0.4, 0.5) is 0 Å². The van der Waals surface area contributed by atoms with Gasteiger partial charge in [0.05, 0.1) is 0 Å². The van der Waals surface area contributed by atoms with Crippen LogP contribution in [0.15, 0.2) is 12.7 Å². The van der Waals surface area contributed by atoms with Crippen LogP contribution in [0.2, 0.25) is 0 Å². The summed E-state index contributed by atoms with van der Waals surface area (Å²) in [6.45, 7) is 10.3. The smallest absolute Gasteiger partial charge is 0.303 e. The van der Waals surface area contributed by atoms with E-state index in [1.165, 1.54) is 25.7 Å². The van der Waals surface area contributed by atoms with E-state index in [0.29, 0.717) is 0 Å². The molecule has 0 bridgehead atoms. The summed E-state index contributed by atoms with van der Waals surface area (Å²) in [6.07, 6.45) is 9.35. The quantitative estimate of drug-likeness (QED) is 0.446. The molecule has 2 atom stereocenters. The molecule has 2 unspecified atom stereocenters. The predicted octanol–water partition coefficient (Wildman–Crippen LogP) is 4.65. The van der Waals surface area contributed by atoms with Gasteiger partial charge in [0.2, 0.25) is 0 Å². The minimum absolute atomic E-state index is 0.0998. The van der Waals surface area contributed by atoms with E-state index in [1.54, 1.807) is 0 Å². The summed E-state index contributed by atoms with van der Waals surface area (Å²) in [7, 11) is 0. The number of aliphatic carboxylic acids is 1. The summed E-state index contributed by atoms with van der Waals surface area (Å²) in [6, 6.07) is 0. The zero-order valence-corrected chi connectivity index (χ0v) is 11.7. The standard InChI is InChI=1S/C15H28O2/c1-5-7-8-9-10-15(4,6-2)12-13(3)11-14(16)17/h6,13H,2,5,7-12H2,1,3-4H3,(H,16,17). The average molecular weight is 240 g/mol. The summed E-state index contributed by atoms with van der Waals surface area (Å²) in [4.78, 5) is 10.7. The highest BCUT2D eigenvalue weighted by Gasteiger charge is 2.23. The zero-order valence-electron chi connectivity index (χ0n) is 11.7. The fourth-order valence-electron chi connectivity index (χ4n) is 2.41. The molecule has 0 aromatic heterocycles. The summed E-state index contributed by atoms with van der Waals surface area (Å²) >= 11 is 0. The molecule has 1 N–H and O–H groups in total. The summed E-state index contributed by atoms with van der Waals surface area (Å²) in [5, 5.41) is 8.77. The van der Waals surface area contributed by atoms with Gasteiger partial charge in [0.25, 0.3) is 0 Å². The van der Waals surface area contributed by atoms with Gasteiger partial charge in [-0.05, 0) is 24.2 Å². The minimum Gasteiger partial charge on any atom is -0.481 e. The topological polar surface area (TPSA) is 37.3 Å². The zero-order chi connectivity index (χ0) is 13.3. The Morgan fingerprint density at radius 2 is 2.06 bits per heavy atom. The Bertz CT molecular complexity index is 235. The average Bonchev–Trinajstić information content (AvgIpc) is 2.23. The number of carbonyl (C=O) groups is 1. The number of allylic oxidation sites excluding steroid dienone is 1. The Hall–Kier alpha value is -0.790. The first-order valence-electron chi connectivity index (χ1n) is 6.79. The van der Waals surface area contributed by atoms with E-state index in [9.17, 15) is 4.79 Å². The van der Waals surface area contributed by atoms with Gasteiger partial charge in [-0.15, -0.1) is 6.58 Å². The highest BCUT2D eigenvalue weighted by molar-refractivity contribution is 5.66. The molecule has 0 aliphatic heterocycles. The first-order valence-corrected chi connectivity index (χ1v) is 6.79. The van der Waals surface area contributed by atoms with Crippen molar-refractivity contribution in [1.82, 2.24) is 0 Å². The van der Waals surface area contributed by atoms with Crippen molar-refractivity contribution in [2.75, 3.05) is 0 Å². The SMILES string of the molecule is C=CC(C)(CCCCCC)CC(C)CC(=O)O. The van der Waals surface area contributed by atoms with Crippen molar-refractivity contribution in [3.8, 4) is 0 Å². The molecule has 0 aromatic carbocycles. The fraction of sp³-hybridized carbons (Fsp3) is 0.800. The number of unbranched alkanes of at least 4 members (excludes halogenated alkanes) is 3. The van der Waals surface area contributed by atoms with E-state index in [1.807, 2.05) is 13.0 Å². The van der Waals surface area contributed by atoms with Gasteiger partial charge < -0.3 is 5.11 Å². The molecule has 0 amide bonds. The second kappa shape index (κ2) is 8.32. The van der Waals surface area contributed by atoms with Crippen LogP contribution in [0.25, 0.3) is 0 Å². The predicted molar refractivity (Wildman–Crippen MR) is 73.1 cm³/mol. The first-order chi connectivity index (χ1) is 7.93. The molecule has 0 saturated carbocycles. The lowest BCUT2D eigenvalue weighted by Crippen LogP contribution is -2.18. The summed E-state index contributed by atoms with van der Waals surface area (Å²) < 4.78 is 0. The molecular formula is C15H28O2. The maximum absolute atomic E-state index is 10.7. The highest BCUT2D eigenvalue weighted by atomic mass is 16.4. The van der Waals surface area contributed by atoms with E-state index in [2.05, 4.69) is 20.4 Å². The molecular weight excluding hydrogens is 212 g/mol. The van der Waals surface area contributed by atoms with Gasteiger partial charge in [0.15, 0.2) is 0 Å². The van der Waals surface area contributed by atoms with Gasteiger partial charge in [-0.3, -0.25) is 4.79 Å². The van der Waals surface area contributed by atoms with E-state index < -0.39 is 5.97 Å². The number of carboxylic acid groups (broad SMARTS) is 1. The van der Waals surface area contributed by atoms with Crippen LogP contribution in [0.5, 0.6) is 0 Å². The van der Waals surface area contributed by atoms with Crippen molar-refractivity contribution in [3.05, 3.63) is 12.7 Å². The Balaban J connectivity index is 4.07. The Labute approximate surface area is 106 Å². The summed E-state index contributed by atoms with van der Waals surface area (Å²) in [5.74, 6) is -0.475. The van der Waals surface area contributed by atoms with Crippen LogP contribution in [0.3, 0.4) is 0 Å². The molecule has 0 heterocycles. The van der Waals surface area contributed by atoms with Crippen molar-refractivity contribution in [2.45, 2.75) is 65.7 Å². The third kappa shape index (κ3) is 8.00. The molecule has 0 aliphatic rings. The van der Waals surface area contributed by atoms with Crippen LogP contribution in [0, 0.1) is 11.3 Å². The van der Waals surface area contributed by atoms with E-state index in [4.69, 9.17) is 5.11 Å². The molecule has 0 aromatic rings. The number of carboxylic acids is 1. The largest absolute Gasteiger partial charge is 0.481 e. The first kappa shape index (κ1) is 16.2. The molecule has 0 fully saturated rings. The molecule has 0 aliphatic carbocycles. The lowest BCUT2D eigenvalue weighted by atomic mass is 9.77. The van der Waals surface area contributed by atoms with Crippen LogP contribution >= 0.6 is 0 Å². The van der Waals surface area contributed by atoms with E-state index in [0.717, 1.165) is 12.8 Å². The molecule has 17 heavy (non-hydrogen) atoms. The van der Waals surface area contributed by atoms with Crippen molar-refractivity contribution in [1.29, 1.82) is 0 Å². The molecule has 2 heteroatoms. The minimum atomic E-state index is -0.699. The van der Waals surface area contributed by atoms with Crippen LogP contribution in [-0.2, 0) is 4.79 Å². The van der Waals surface area contributed by atoms with Crippen molar-refractivity contribution < 1.29 is 9.90 Å². The second-order valence-electron chi connectivity index (χ2n) is 5.58. The Morgan fingerprint density at radius 3 is 2.53 bits per heavy atom. The van der Waals surface area contributed by atoms with Crippen LogP contribution in [0.1, 0.15) is 65.7 Å². The lowest BCUT2D eigenvalue weighted by molar-refractivity contribution is -0.138. The maximum atomic E-state index is 10.7. The van der Waals surface area contributed by atoms with Crippen LogP contribution in [-0.4, -0.2) is 11.1 Å². The van der Waals surface area contributed by atoms with Gasteiger partial charge in [0, 0.05) is 6.42 Å². The molecule has 0 spiro atoms. The van der Waals surface area contributed by atoms with Gasteiger partial charge in [-0.1, -0.05) is 52.5 Å². The van der Waals surface area contributed by atoms with Crippen molar-refractivity contribution >= 4 is 5.97 Å². The number of hydrogen-bond acceptors (Lipinski definition) is 1. The number of hydrogen-bond donors (Lipinski definition) is 1. The molecule has 2 nitrogen and oxygen atoms in total. The van der Waals surface area contributed by atoms with Crippen LogP contribution < -0.4 is 0 Å². The van der Waals surface area contributed by atoms with E-state index >= 15 is 0 Å². The molecule has 0 saturated heterocycles. The van der Waals surface area contributed by atoms with Gasteiger partial charge in [-0.2, -0.15) is 0 Å². The third-order valence-electron chi connectivity index (χ3n) is 3.43. The normalized spacial score (nSPS) is 16.2. The summed E-state index contributed by atoms with van der Waals surface area (Å²) in [5.41, 5.74) is 0.0998. The molecule has 100 valence electrons. The molecule has 0 rings (SSSR count).